The van der Waals surface area contributed by atoms with E-state index >= 15 is 0 Å². The summed E-state index contributed by atoms with van der Waals surface area (Å²) >= 11 is 0. The van der Waals surface area contributed by atoms with Gasteiger partial charge in [0.15, 0.2) is 17.4 Å². The van der Waals surface area contributed by atoms with Crippen LogP contribution in [-0.4, -0.2) is 40.3 Å². The zero-order valence-electron chi connectivity index (χ0n) is 18.2. The lowest BCUT2D eigenvalue weighted by atomic mass is 10.2. The summed E-state index contributed by atoms with van der Waals surface area (Å²) in [5.74, 6) is 3.20. The Kier molecular flexibility index (Phi) is 6.86. The minimum Gasteiger partial charge on any atom is -0.497 e. The van der Waals surface area contributed by atoms with Gasteiger partial charge in [-0.1, -0.05) is 6.07 Å². The highest BCUT2D eigenvalue weighted by atomic mass is 16.5. The van der Waals surface area contributed by atoms with Gasteiger partial charge < -0.3 is 20.1 Å². The van der Waals surface area contributed by atoms with Crippen molar-refractivity contribution in [1.82, 2.24) is 25.2 Å². The van der Waals surface area contributed by atoms with Crippen LogP contribution in [0.3, 0.4) is 0 Å². The zero-order chi connectivity index (χ0) is 21.5. The van der Waals surface area contributed by atoms with E-state index in [1.54, 1.807) is 7.11 Å². The lowest BCUT2D eigenvalue weighted by molar-refractivity contribution is 0.207. The summed E-state index contributed by atoms with van der Waals surface area (Å²) in [7, 11) is 1.67. The van der Waals surface area contributed by atoms with E-state index in [4.69, 9.17) is 14.5 Å². The summed E-state index contributed by atoms with van der Waals surface area (Å²) in [5.41, 5.74) is 1.87. The number of aromatic nitrogens is 3. The predicted octanol–water partition coefficient (Wildman–Crippen LogP) is 3.31. The molecular weight excluding hydrogens is 392 g/mol. The van der Waals surface area contributed by atoms with Gasteiger partial charge in [-0.3, -0.25) is 4.40 Å². The summed E-state index contributed by atoms with van der Waals surface area (Å²) in [6, 6.07) is 11.8. The Morgan fingerprint density at radius 1 is 1.16 bits per heavy atom. The maximum Gasteiger partial charge on any atom is 0.191 e. The largest absolute Gasteiger partial charge is 0.497 e. The van der Waals surface area contributed by atoms with Crippen molar-refractivity contribution < 1.29 is 9.47 Å². The van der Waals surface area contributed by atoms with Crippen molar-refractivity contribution in [3.8, 4) is 11.5 Å². The lowest BCUT2D eigenvalue weighted by Gasteiger charge is -2.17. The van der Waals surface area contributed by atoms with Gasteiger partial charge in [-0.2, -0.15) is 0 Å². The Balaban J connectivity index is 1.47. The standard InChI is InChI=1S/C23H30N6O2/c1-3-24-23(26-16-22-28-27-21-10-6-7-13-29(21)22)25-15-17-11-12-19(30-2)14-20(17)31-18-8-4-5-9-18/h6-7,10-14,18H,3-5,8-9,15-16H2,1-2H3,(H2,24,25,26). The smallest absolute Gasteiger partial charge is 0.191 e. The van der Waals surface area contributed by atoms with Gasteiger partial charge in [0.05, 0.1) is 26.3 Å². The molecule has 0 unspecified atom stereocenters. The van der Waals surface area contributed by atoms with Gasteiger partial charge >= 0.3 is 0 Å². The molecule has 2 aromatic heterocycles. The van der Waals surface area contributed by atoms with Gasteiger partial charge in [0.25, 0.3) is 0 Å². The Labute approximate surface area is 182 Å². The summed E-state index contributed by atoms with van der Waals surface area (Å²) in [5, 5.41) is 15.1. The molecule has 2 heterocycles. The third-order valence-electron chi connectivity index (χ3n) is 5.42. The molecule has 4 rings (SSSR count). The van der Waals surface area contributed by atoms with Crippen LogP contribution in [0.1, 0.15) is 44.0 Å². The van der Waals surface area contributed by atoms with Gasteiger partial charge in [-0.05, 0) is 56.9 Å². The molecule has 0 spiro atoms. The zero-order valence-corrected chi connectivity index (χ0v) is 18.2. The highest BCUT2D eigenvalue weighted by Gasteiger charge is 2.18. The number of pyridine rings is 1. The van der Waals surface area contributed by atoms with Gasteiger partial charge in [0.1, 0.15) is 11.5 Å². The molecular formula is C23H30N6O2. The quantitative estimate of drug-likeness (QED) is 0.428. The maximum absolute atomic E-state index is 6.30. The minimum absolute atomic E-state index is 0.280. The summed E-state index contributed by atoms with van der Waals surface area (Å²) in [4.78, 5) is 4.77. The van der Waals surface area contributed by atoms with E-state index in [9.17, 15) is 0 Å². The number of hydrogen-bond acceptors (Lipinski definition) is 5. The molecule has 0 atom stereocenters. The molecule has 1 fully saturated rings. The third kappa shape index (κ3) is 5.25. The molecule has 0 aliphatic heterocycles. The van der Waals surface area contributed by atoms with E-state index in [0.29, 0.717) is 13.1 Å². The first-order valence-corrected chi connectivity index (χ1v) is 10.9. The molecule has 8 nitrogen and oxygen atoms in total. The Morgan fingerprint density at radius 2 is 2.03 bits per heavy atom. The first kappa shape index (κ1) is 21.0. The van der Waals surface area contributed by atoms with E-state index in [0.717, 1.165) is 53.9 Å². The van der Waals surface area contributed by atoms with Crippen LogP contribution >= 0.6 is 0 Å². The average molecular weight is 423 g/mol. The van der Waals surface area contributed by atoms with E-state index in [1.807, 2.05) is 53.9 Å². The Hall–Kier alpha value is -3.29. The number of nitrogens with one attached hydrogen (secondary N) is 2. The molecule has 0 saturated heterocycles. The van der Waals surface area contributed by atoms with Crippen LogP contribution in [0.15, 0.2) is 47.6 Å². The first-order valence-electron chi connectivity index (χ1n) is 10.9. The van der Waals surface area contributed by atoms with E-state index < -0.39 is 0 Å². The number of rotatable bonds is 8. The molecule has 1 saturated carbocycles. The van der Waals surface area contributed by atoms with Crippen LogP contribution in [0.4, 0.5) is 0 Å². The van der Waals surface area contributed by atoms with Crippen LogP contribution < -0.4 is 20.1 Å². The molecule has 0 amide bonds. The highest BCUT2D eigenvalue weighted by Crippen LogP contribution is 2.30. The van der Waals surface area contributed by atoms with Gasteiger partial charge in [-0.15, -0.1) is 10.2 Å². The summed E-state index contributed by atoms with van der Waals surface area (Å²) in [6.07, 6.45) is 6.91. The fourth-order valence-electron chi connectivity index (χ4n) is 3.77. The number of aliphatic imine (C=N–C) groups is 1. The fraction of sp³-hybridized carbons (Fsp3) is 0.435. The van der Waals surface area contributed by atoms with Crippen molar-refractivity contribution in [3.63, 3.8) is 0 Å². The van der Waals surface area contributed by atoms with Crippen LogP contribution in [0.5, 0.6) is 11.5 Å². The second kappa shape index (κ2) is 10.1. The first-order chi connectivity index (χ1) is 15.3. The monoisotopic (exact) mass is 422 g/mol. The van der Waals surface area contributed by atoms with Crippen LogP contribution in [0.2, 0.25) is 0 Å². The molecule has 0 bridgehead atoms. The average Bonchev–Trinajstić information content (AvgIpc) is 3.46. The number of hydrogen-bond donors (Lipinski definition) is 2. The van der Waals surface area contributed by atoms with Crippen molar-refractivity contribution in [2.45, 2.75) is 51.8 Å². The summed E-state index contributed by atoms with van der Waals surface area (Å²) in [6.45, 7) is 3.83. The van der Waals surface area contributed by atoms with Gasteiger partial charge in [-0.25, -0.2) is 4.99 Å². The fourth-order valence-corrected chi connectivity index (χ4v) is 3.77. The van der Waals surface area contributed by atoms with Crippen molar-refractivity contribution in [2.75, 3.05) is 13.7 Å². The summed E-state index contributed by atoms with van der Waals surface area (Å²) < 4.78 is 13.7. The van der Waals surface area contributed by atoms with E-state index in [-0.39, 0.29) is 6.10 Å². The normalized spacial score (nSPS) is 14.7. The molecule has 1 aliphatic carbocycles. The molecule has 164 valence electrons. The van der Waals surface area contributed by atoms with Crippen molar-refractivity contribution in [1.29, 1.82) is 0 Å². The SMILES string of the molecule is CCNC(=NCc1ccc(OC)cc1OC1CCCC1)NCc1nnc2ccccn12. The molecule has 3 aromatic rings. The highest BCUT2D eigenvalue weighted by molar-refractivity contribution is 5.79. The number of methoxy groups -OCH3 is 1. The molecule has 1 aromatic carbocycles. The van der Waals surface area contributed by atoms with Crippen LogP contribution in [-0.2, 0) is 13.1 Å². The van der Waals surface area contributed by atoms with Crippen LogP contribution in [0, 0.1) is 0 Å². The maximum atomic E-state index is 6.30. The second-order valence-corrected chi connectivity index (χ2v) is 7.59. The number of guanidine groups is 1. The van der Waals surface area contributed by atoms with Crippen molar-refractivity contribution >= 4 is 11.6 Å². The molecule has 0 radical (unpaired) electrons. The Bertz CT molecular complexity index is 1030. The van der Waals surface area contributed by atoms with E-state index in [2.05, 4.69) is 20.8 Å². The number of fused-ring (bicyclic) bond motifs is 1. The lowest BCUT2D eigenvalue weighted by Crippen LogP contribution is -2.37. The van der Waals surface area contributed by atoms with Gasteiger partial charge in [0, 0.05) is 24.4 Å². The van der Waals surface area contributed by atoms with Gasteiger partial charge in [0.2, 0.25) is 0 Å². The predicted molar refractivity (Wildman–Crippen MR) is 121 cm³/mol. The van der Waals surface area contributed by atoms with Crippen LogP contribution in [0.25, 0.3) is 5.65 Å². The van der Waals surface area contributed by atoms with Crippen molar-refractivity contribution in [3.05, 3.63) is 54.0 Å². The third-order valence-corrected chi connectivity index (χ3v) is 5.42. The molecule has 31 heavy (non-hydrogen) atoms. The minimum atomic E-state index is 0.280. The topological polar surface area (TPSA) is 85.1 Å². The van der Waals surface area contributed by atoms with E-state index in [1.165, 1.54) is 12.8 Å². The molecule has 1 aliphatic rings. The molecule has 2 N–H and O–H groups in total. The Morgan fingerprint density at radius 3 is 2.84 bits per heavy atom. The molecule has 8 heteroatoms. The number of benzene rings is 1. The number of nitrogens with zero attached hydrogens (tertiary/aromatic N) is 4. The second-order valence-electron chi connectivity index (χ2n) is 7.59. The van der Waals surface area contributed by atoms with Crippen molar-refractivity contribution in [2.24, 2.45) is 4.99 Å². The number of ether oxygens (including phenoxy) is 2.